The van der Waals surface area contributed by atoms with Gasteiger partial charge in [0, 0.05) is 13.7 Å². The van der Waals surface area contributed by atoms with Crippen LogP contribution in [0.4, 0.5) is 0 Å². The maximum absolute atomic E-state index is 11.9. The third kappa shape index (κ3) is 5.72. The summed E-state index contributed by atoms with van der Waals surface area (Å²) in [6, 6.07) is 8.76. The largest absolute Gasteiger partial charge is 0.382 e. The monoisotopic (exact) mass is 284 g/mol. The molecule has 0 heterocycles. The van der Waals surface area contributed by atoms with Gasteiger partial charge in [-0.2, -0.15) is 0 Å². The Morgan fingerprint density at radius 2 is 2.00 bits per heavy atom. The van der Waals surface area contributed by atoms with Crippen LogP contribution in [0.5, 0.6) is 0 Å². The molecule has 0 aliphatic heterocycles. The van der Waals surface area contributed by atoms with Crippen molar-refractivity contribution in [1.82, 2.24) is 10.6 Å². The summed E-state index contributed by atoms with van der Waals surface area (Å²) >= 11 is 5.39. The first-order chi connectivity index (χ1) is 9.17. The first-order valence-electron chi connectivity index (χ1n) is 5.83. The lowest BCUT2D eigenvalue weighted by Crippen LogP contribution is -2.49. The summed E-state index contributed by atoms with van der Waals surface area (Å²) in [6.45, 7) is 0.500. The van der Waals surface area contributed by atoms with Crippen LogP contribution < -0.4 is 10.6 Å². The van der Waals surface area contributed by atoms with Gasteiger partial charge in [-0.3, -0.25) is 9.59 Å². The average molecular weight is 285 g/mol. The number of benzene rings is 1. The second kappa shape index (κ2) is 8.50. The molecular formula is C13H17ClN2O3. The van der Waals surface area contributed by atoms with Crippen molar-refractivity contribution in [1.29, 1.82) is 0 Å². The van der Waals surface area contributed by atoms with E-state index in [0.29, 0.717) is 6.54 Å². The van der Waals surface area contributed by atoms with Crippen molar-refractivity contribution in [3.8, 4) is 0 Å². The molecule has 0 saturated heterocycles. The Balaban J connectivity index is 2.50. The lowest BCUT2D eigenvalue weighted by molar-refractivity contribution is -0.129. The van der Waals surface area contributed by atoms with E-state index in [1.165, 1.54) is 7.11 Å². The van der Waals surface area contributed by atoms with Gasteiger partial charge >= 0.3 is 0 Å². The summed E-state index contributed by atoms with van der Waals surface area (Å²) in [7, 11) is 1.46. The molecule has 0 bridgehead atoms. The van der Waals surface area contributed by atoms with Gasteiger partial charge in [0.05, 0.1) is 6.61 Å². The molecule has 1 aromatic rings. The zero-order valence-corrected chi connectivity index (χ0v) is 11.4. The number of hydrogen-bond donors (Lipinski definition) is 2. The molecule has 0 fully saturated rings. The van der Waals surface area contributed by atoms with Gasteiger partial charge in [0.25, 0.3) is 0 Å². The predicted molar refractivity (Wildman–Crippen MR) is 72.8 cm³/mol. The fraction of sp³-hybridized carbons (Fsp3) is 0.385. The molecule has 19 heavy (non-hydrogen) atoms. The van der Waals surface area contributed by atoms with Crippen LogP contribution in [0.25, 0.3) is 0 Å². The SMILES string of the molecule is COC[C@@H](NC(=O)CCl)C(=O)NCc1ccccc1. The van der Waals surface area contributed by atoms with Crippen LogP contribution in [-0.2, 0) is 20.9 Å². The van der Waals surface area contributed by atoms with E-state index in [9.17, 15) is 9.59 Å². The molecule has 5 nitrogen and oxygen atoms in total. The maximum atomic E-state index is 11.9. The Hall–Kier alpha value is -1.59. The Kier molecular flexibility index (Phi) is 6.92. The minimum atomic E-state index is -0.736. The van der Waals surface area contributed by atoms with Gasteiger partial charge in [-0.25, -0.2) is 0 Å². The van der Waals surface area contributed by atoms with Crippen molar-refractivity contribution in [2.24, 2.45) is 0 Å². The number of ether oxygens (including phenoxy) is 1. The van der Waals surface area contributed by atoms with Gasteiger partial charge in [0.2, 0.25) is 11.8 Å². The molecule has 2 N–H and O–H groups in total. The van der Waals surface area contributed by atoms with Crippen LogP contribution in [0.3, 0.4) is 0 Å². The van der Waals surface area contributed by atoms with Crippen LogP contribution in [0, 0.1) is 0 Å². The number of rotatable bonds is 7. The Labute approximate surface area is 117 Å². The standard InChI is InChI=1S/C13H17ClN2O3/c1-19-9-11(16-12(17)7-14)13(18)15-8-10-5-3-2-4-6-10/h2-6,11H,7-9H2,1H3,(H,15,18)(H,16,17)/t11-/m1/s1. The molecule has 104 valence electrons. The number of halogens is 1. The molecular weight excluding hydrogens is 268 g/mol. The van der Waals surface area contributed by atoms with Crippen LogP contribution in [0.1, 0.15) is 5.56 Å². The van der Waals surface area contributed by atoms with Crippen LogP contribution in [0.2, 0.25) is 0 Å². The molecule has 0 saturated carbocycles. The Morgan fingerprint density at radius 1 is 1.32 bits per heavy atom. The number of amides is 2. The molecule has 6 heteroatoms. The quantitative estimate of drug-likeness (QED) is 0.723. The van der Waals surface area contributed by atoms with Crippen LogP contribution in [0.15, 0.2) is 30.3 Å². The van der Waals surface area contributed by atoms with E-state index in [1.807, 2.05) is 30.3 Å². The highest BCUT2D eigenvalue weighted by atomic mass is 35.5. The molecule has 1 rings (SSSR count). The molecule has 2 amide bonds. The zero-order chi connectivity index (χ0) is 14.1. The summed E-state index contributed by atoms with van der Waals surface area (Å²) in [5.41, 5.74) is 0.982. The molecule has 1 atom stereocenters. The molecule has 1 aromatic carbocycles. The topological polar surface area (TPSA) is 67.4 Å². The average Bonchev–Trinajstić information content (AvgIpc) is 2.45. The number of hydrogen-bond acceptors (Lipinski definition) is 3. The van der Waals surface area contributed by atoms with E-state index < -0.39 is 11.9 Å². The van der Waals surface area contributed by atoms with Crippen LogP contribution in [-0.4, -0.2) is 37.5 Å². The van der Waals surface area contributed by atoms with Crippen molar-refractivity contribution in [3.63, 3.8) is 0 Å². The third-order valence-electron chi connectivity index (χ3n) is 2.42. The summed E-state index contributed by atoms with van der Waals surface area (Å²) in [4.78, 5) is 23.1. The van der Waals surface area contributed by atoms with E-state index in [0.717, 1.165) is 5.56 Å². The van der Waals surface area contributed by atoms with Gasteiger partial charge in [0.15, 0.2) is 0 Å². The zero-order valence-electron chi connectivity index (χ0n) is 10.7. The molecule has 0 aliphatic rings. The second-order valence-corrected chi connectivity index (χ2v) is 4.18. The fourth-order valence-corrected chi connectivity index (χ4v) is 1.57. The third-order valence-corrected chi connectivity index (χ3v) is 2.66. The summed E-state index contributed by atoms with van der Waals surface area (Å²) in [5.74, 6) is -0.894. The van der Waals surface area contributed by atoms with E-state index in [-0.39, 0.29) is 18.4 Å². The van der Waals surface area contributed by atoms with Gasteiger partial charge in [-0.15, -0.1) is 11.6 Å². The van der Waals surface area contributed by atoms with E-state index in [1.54, 1.807) is 0 Å². The van der Waals surface area contributed by atoms with Gasteiger partial charge in [-0.05, 0) is 5.56 Å². The molecule has 0 aliphatic carbocycles. The van der Waals surface area contributed by atoms with Gasteiger partial charge in [-0.1, -0.05) is 30.3 Å². The van der Waals surface area contributed by atoms with Crippen molar-refractivity contribution >= 4 is 23.4 Å². The molecule has 0 spiro atoms. The van der Waals surface area contributed by atoms with E-state index >= 15 is 0 Å². The number of methoxy groups -OCH3 is 1. The first-order valence-corrected chi connectivity index (χ1v) is 6.36. The fourth-order valence-electron chi connectivity index (χ4n) is 1.49. The lowest BCUT2D eigenvalue weighted by Gasteiger charge is -2.17. The highest BCUT2D eigenvalue weighted by Gasteiger charge is 2.19. The van der Waals surface area contributed by atoms with Crippen molar-refractivity contribution in [2.75, 3.05) is 19.6 Å². The Bertz CT molecular complexity index is 412. The Morgan fingerprint density at radius 3 is 2.58 bits per heavy atom. The molecule has 0 unspecified atom stereocenters. The molecule has 0 aromatic heterocycles. The maximum Gasteiger partial charge on any atom is 0.245 e. The summed E-state index contributed by atoms with van der Waals surface area (Å²) in [6.07, 6.45) is 0. The number of carbonyl (C=O) groups is 2. The number of carbonyl (C=O) groups excluding carboxylic acids is 2. The minimum Gasteiger partial charge on any atom is -0.382 e. The number of alkyl halides is 1. The number of nitrogens with one attached hydrogen (secondary N) is 2. The van der Waals surface area contributed by atoms with E-state index in [2.05, 4.69) is 10.6 Å². The highest BCUT2D eigenvalue weighted by molar-refractivity contribution is 6.27. The summed E-state index contributed by atoms with van der Waals surface area (Å²) in [5, 5.41) is 5.23. The minimum absolute atomic E-state index is 0.100. The predicted octanol–water partition coefficient (Wildman–Crippen LogP) is 0.673. The smallest absolute Gasteiger partial charge is 0.245 e. The van der Waals surface area contributed by atoms with Crippen molar-refractivity contribution in [3.05, 3.63) is 35.9 Å². The first kappa shape index (κ1) is 15.5. The lowest BCUT2D eigenvalue weighted by atomic mass is 10.2. The van der Waals surface area contributed by atoms with Gasteiger partial charge in [0.1, 0.15) is 11.9 Å². The second-order valence-electron chi connectivity index (χ2n) is 3.91. The van der Waals surface area contributed by atoms with Gasteiger partial charge < -0.3 is 15.4 Å². The van der Waals surface area contributed by atoms with Crippen molar-refractivity contribution < 1.29 is 14.3 Å². The van der Waals surface area contributed by atoms with E-state index in [4.69, 9.17) is 16.3 Å². The van der Waals surface area contributed by atoms with Crippen molar-refractivity contribution in [2.45, 2.75) is 12.6 Å². The van der Waals surface area contributed by atoms with Crippen LogP contribution >= 0.6 is 11.6 Å². The summed E-state index contributed by atoms with van der Waals surface area (Å²) < 4.78 is 4.90. The highest BCUT2D eigenvalue weighted by Crippen LogP contribution is 1.98. The molecule has 0 radical (unpaired) electrons. The normalized spacial score (nSPS) is 11.7.